The fourth-order valence-electron chi connectivity index (χ4n) is 3.68. The molecule has 0 spiro atoms. The van der Waals surface area contributed by atoms with Crippen molar-refractivity contribution in [1.29, 1.82) is 0 Å². The average molecular weight is 367 g/mol. The van der Waals surface area contributed by atoms with E-state index in [1.165, 1.54) is 12.8 Å². The van der Waals surface area contributed by atoms with Crippen LogP contribution in [0.1, 0.15) is 36.2 Å². The Balaban J connectivity index is 0.00000169. The lowest BCUT2D eigenvalue weighted by molar-refractivity contribution is 0.0919. The molecule has 7 heteroatoms. The fraction of sp³-hybridized carbons (Fsp3) is 0.412. The number of carbonyl (C=O) groups excluding carboxylic acids is 1. The number of fused-ring (bicyclic) bond motifs is 2. The Morgan fingerprint density at radius 2 is 1.92 bits per heavy atom. The van der Waals surface area contributed by atoms with Crippen LogP contribution < -0.4 is 10.6 Å². The Hall–Kier alpha value is -1.56. The number of nitrogens with one attached hydrogen (secondary N) is 3. The molecule has 2 saturated heterocycles. The molecule has 128 valence electrons. The fourth-order valence-corrected chi connectivity index (χ4v) is 3.92. The SMILES string of the molecule is Cl.O=C(NC1CC2CCC(C1)N2)c1cc(-c2ccccc2Cl)n[nH]1. The van der Waals surface area contributed by atoms with Gasteiger partial charge >= 0.3 is 0 Å². The van der Waals surface area contributed by atoms with Crippen molar-refractivity contribution in [2.75, 3.05) is 0 Å². The number of carbonyl (C=O) groups is 1. The molecule has 1 aromatic carbocycles. The van der Waals surface area contributed by atoms with Gasteiger partial charge in [-0.25, -0.2) is 0 Å². The molecule has 2 aromatic rings. The van der Waals surface area contributed by atoms with E-state index in [9.17, 15) is 4.79 Å². The second kappa shape index (κ2) is 7.13. The maximum Gasteiger partial charge on any atom is 0.269 e. The number of hydrogen-bond acceptors (Lipinski definition) is 3. The highest BCUT2D eigenvalue weighted by Crippen LogP contribution is 2.28. The van der Waals surface area contributed by atoms with Gasteiger partial charge in [0.15, 0.2) is 0 Å². The van der Waals surface area contributed by atoms with Crippen LogP contribution in [0, 0.1) is 0 Å². The predicted octanol–water partition coefficient (Wildman–Crippen LogP) is 3.16. The third kappa shape index (κ3) is 3.43. The number of amides is 1. The van der Waals surface area contributed by atoms with Crippen LogP contribution in [0.4, 0.5) is 0 Å². The summed E-state index contributed by atoms with van der Waals surface area (Å²) in [5, 5.41) is 14.4. The summed E-state index contributed by atoms with van der Waals surface area (Å²) >= 11 is 6.18. The lowest BCUT2D eigenvalue weighted by atomic mass is 10.00. The van der Waals surface area contributed by atoms with E-state index >= 15 is 0 Å². The maximum atomic E-state index is 12.4. The molecule has 2 unspecified atom stereocenters. The van der Waals surface area contributed by atoms with Crippen molar-refractivity contribution in [2.24, 2.45) is 0 Å². The van der Waals surface area contributed by atoms with Gasteiger partial charge in [-0.3, -0.25) is 9.89 Å². The molecule has 2 aliphatic heterocycles. The number of piperidine rings is 1. The highest BCUT2D eigenvalue weighted by molar-refractivity contribution is 6.33. The van der Waals surface area contributed by atoms with E-state index in [2.05, 4.69) is 20.8 Å². The molecule has 0 saturated carbocycles. The van der Waals surface area contributed by atoms with Crippen LogP contribution in [-0.2, 0) is 0 Å². The van der Waals surface area contributed by atoms with Crippen molar-refractivity contribution in [3.63, 3.8) is 0 Å². The summed E-state index contributed by atoms with van der Waals surface area (Å²) in [6, 6.07) is 10.6. The van der Waals surface area contributed by atoms with Crippen molar-refractivity contribution in [1.82, 2.24) is 20.8 Å². The third-order valence-corrected chi connectivity index (χ3v) is 5.11. The quantitative estimate of drug-likeness (QED) is 0.781. The van der Waals surface area contributed by atoms with Crippen LogP contribution in [0.25, 0.3) is 11.3 Å². The Kier molecular flexibility index (Phi) is 5.13. The summed E-state index contributed by atoms with van der Waals surface area (Å²) in [6.45, 7) is 0. The van der Waals surface area contributed by atoms with Gasteiger partial charge in [0.05, 0.1) is 10.7 Å². The zero-order valence-corrected chi connectivity index (χ0v) is 14.7. The highest BCUT2D eigenvalue weighted by Gasteiger charge is 2.34. The first-order valence-corrected chi connectivity index (χ1v) is 8.44. The molecule has 0 radical (unpaired) electrons. The minimum Gasteiger partial charge on any atom is -0.348 e. The largest absolute Gasteiger partial charge is 0.348 e. The van der Waals surface area contributed by atoms with Crippen LogP contribution in [0.5, 0.6) is 0 Å². The van der Waals surface area contributed by atoms with Gasteiger partial charge in [-0.05, 0) is 37.8 Å². The Labute approximate surface area is 152 Å². The van der Waals surface area contributed by atoms with Crippen LogP contribution in [0.2, 0.25) is 5.02 Å². The van der Waals surface area contributed by atoms with E-state index in [-0.39, 0.29) is 24.4 Å². The summed E-state index contributed by atoms with van der Waals surface area (Å²) in [5.41, 5.74) is 1.99. The van der Waals surface area contributed by atoms with Gasteiger partial charge in [0.1, 0.15) is 5.69 Å². The molecule has 0 aliphatic carbocycles. The molecular formula is C17H20Cl2N4O. The number of rotatable bonds is 3. The Morgan fingerprint density at radius 1 is 1.21 bits per heavy atom. The number of aromatic amines is 1. The highest BCUT2D eigenvalue weighted by atomic mass is 35.5. The van der Waals surface area contributed by atoms with Gasteiger partial charge in [-0.2, -0.15) is 5.10 Å². The van der Waals surface area contributed by atoms with Gasteiger partial charge < -0.3 is 10.6 Å². The number of hydrogen-bond donors (Lipinski definition) is 3. The zero-order valence-electron chi connectivity index (χ0n) is 13.1. The Morgan fingerprint density at radius 3 is 2.62 bits per heavy atom. The van der Waals surface area contributed by atoms with E-state index in [1.807, 2.05) is 24.3 Å². The van der Waals surface area contributed by atoms with Crippen LogP contribution >= 0.6 is 24.0 Å². The van der Waals surface area contributed by atoms with E-state index in [1.54, 1.807) is 6.07 Å². The molecule has 2 bridgehead atoms. The summed E-state index contributed by atoms with van der Waals surface area (Å²) in [5.74, 6) is -0.0953. The first kappa shape index (κ1) is 17.3. The number of nitrogens with zero attached hydrogens (tertiary/aromatic N) is 1. The summed E-state index contributed by atoms with van der Waals surface area (Å²) in [4.78, 5) is 12.4. The maximum absolute atomic E-state index is 12.4. The van der Waals surface area contributed by atoms with E-state index < -0.39 is 0 Å². The second-order valence-corrected chi connectivity index (χ2v) is 6.83. The van der Waals surface area contributed by atoms with Crippen molar-refractivity contribution in [3.8, 4) is 11.3 Å². The van der Waals surface area contributed by atoms with E-state index in [4.69, 9.17) is 11.6 Å². The standard InChI is InChI=1S/C17H19ClN4O.ClH/c18-14-4-2-1-3-13(14)15-9-16(22-21-15)17(23)20-12-7-10-5-6-11(8-12)19-10;/h1-4,9-12,19H,5-8H2,(H,20,23)(H,21,22);1H. The van der Waals surface area contributed by atoms with Crippen molar-refractivity contribution in [3.05, 3.63) is 41.0 Å². The molecule has 1 aromatic heterocycles. The van der Waals surface area contributed by atoms with Gasteiger partial charge in [-0.15, -0.1) is 12.4 Å². The monoisotopic (exact) mass is 366 g/mol. The first-order chi connectivity index (χ1) is 11.2. The van der Waals surface area contributed by atoms with Crippen LogP contribution in [0.15, 0.2) is 30.3 Å². The summed E-state index contributed by atoms with van der Waals surface area (Å²) in [7, 11) is 0. The lowest BCUT2D eigenvalue weighted by Crippen LogP contribution is -2.48. The van der Waals surface area contributed by atoms with Gasteiger partial charge in [0, 0.05) is 23.7 Å². The van der Waals surface area contributed by atoms with Crippen molar-refractivity contribution in [2.45, 2.75) is 43.8 Å². The van der Waals surface area contributed by atoms with E-state index in [0.717, 1.165) is 18.4 Å². The summed E-state index contributed by atoms with van der Waals surface area (Å²) < 4.78 is 0. The lowest BCUT2D eigenvalue weighted by Gasteiger charge is -2.29. The van der Waals surface area contributed by atoms with Crippen molar-refractivity contribution >= 4 is 29.9 Å². The Bertz CT molecular complexity index is 721. The minimum atomic E-state index is -0.0953. The molecular weight excluding hydrogens is 347 g/mol. The third-order valence-electron chi connectivity index (χ3n) is 4.78. The molecule has 4 rings (SSSR count). The van der Waals surface area contributed by atoms with Crippen LogP contribution in [-0.4, -0.2) is 34.2 Å². The van der Waals surface area contributed by atoms with Gasteiger partial charge in [0.2, 0.25) is 0 Å². The number of halogens is 2. The predicted molar refractivity (Wildman–Crippen MR) is 96.7 cm³/mol. The minimum absolute atomic E-state index is 0. The van der Waals surface area contributed by atoms with E-state index in [0.29, 0.717) is 28.5 Å². The molecule has 3 heterocycles. The number of H-pyrrole nitrogens is 1. The molecule has 3 N–H and O–H groups in total. The molecule has 2 fully saturated rings. The average Bonchev–Trinajstić information content (AvgIpc) is 3.15. The molecule has 5 nitrogen and oxygen atoms in total. The van der Waals surface area contributed by atoms with Gasteiger partial charge in [-0.1, -0.05) is 29.8 Å². The molecule has 2 atom stereocenters. The summed E-state index contributed by atoms with van der Waals surface area (Å²) in [6.07, 6.45) is 4.46. The van der Waals surface area contributed by atoms with Crippen LogP contribution in [0.3, 0.4) is 0 Å². The molecule has 1 amide bonds. The first-order valence-electron chi connectivity index (χ1n) is 8.06. The zero-order chi connectivity index (χ0) is 15.8. The number of aromatic nitrogens is 2. The molecule has 24 heavy (non-hydrogen) atoms. The number of benzene rings is 1. The second-order valence-electron chi connectivity index (χ2n) is 6.43. The topological polar surface area (TPSA) is 69.8 Å². The normalized spacial score (nSPS) is 25.1. The smallest absolute Gasteiger partial charge is 0.269 e. The van der Waals surface area contributed by atoms with Crippen molar-refractivity contribution < 1.29 is 4.79 Å². The molecule has 2 aliphatic rings. The van der Waals surface area contributed by atoms with Gasteiger partial charge in [0.25, 0.3) is 5.91 Å².